The molecule has 4 heteroatoms. The lowest BCUT2D eigenvalue weighted by molar-refractivity contribution is 0.678. The minimum Gasteiger partial charge on any atom is -0.355 e. The Morgan fingerprint density at radius 2 is 2.40 bits per heavy atom. The summed E-state index contributed by atoms with van der Waals surface area (Å²) in [5.74, 6) is 0.918. The Balaban J connectivity index is 2.84. The van der Waals surface area contributed by atoms with E-state index >= 15 is 0 Å². The second-order valence-corrected chi connectivity index (χ2v) is 4.23. The van der Waals surface area contributed by atoms with Crippen molar-refractivity contribution in [2.45, 2.75) is 13.8 Å². The second-order valence-electron chi connectivity index (χ2n) is 3.38. The molecule has 80 valence electrons. The number of pyridine rings is 1. The summed E-state index contributed by atoms with van der Waals surface area (Å²) in [5.41, 5.74) is 0. The zero-order chi connectivity index (χ0) is 11.3. The van der Waals surface area contributed by atoms with Gasteiger partial charge >= 0.3 is 0 Å². The Hall–Kier alpha value is -1.08. The Morgan fingerprint density at radius 1 is 1.67 bits per heavy atom. The average Bonchev–Trinajstić information content (AvgIpc) is 2.26. The molecule has 3 nitrogen and oxygen atoms in total. The highest BCUT2D eigenvalue weighted by Crippen LogP contribution is 2.23. The van der Waals surface area contributed by atoms with Gasteiger partial charge in [0.2, 0.25) is 0 Å². The molecule has 1 aromatic heterocycles. The summed E-state index contributed by atoms with van der Waals surface area (Å²) < 4.78 is 0.969. The van der Waals surface area contributed by atoms with Gasteiger partial charge in [0.25, 0.3) is 0 Å². The summed E-state index contributed by atoms with van der Waals surface area (Å²) in [4.78, 5) is 6.40. The summed E-state index contributed by atoms with van der Waals surface area (Å²) >= 11 is 3.46. The van der Waals surface area contributed by atoms with Crippen LogP contribution >= 0.6 is 15.9 Å². The van der Waals surface area contributed by atoms with Gasteiger partial charge in [0.1, 0.15) is 5.82 Å². The van der Waals surface area contributed by atoms with Gasteiger partial charge in [-0.25, -0.2) is 4.98 Å². The smallest absolute Gasteiger partial charge is 0.142 e. The fourth-order valence-electron chi connectivity index (χ4n) is 1.35. The monoisotopic (exact) mass is 267 g/mol. The summed E-state index contributed by atoms with van der Waals surface area (Å²) in [6, 6.07) is 6.08. The Morgan fingerprint density at radius 3 is 2.93 bits per heavy atom. The lowest BCUT2D eigenvalue weighted by Crippen LogP contribution is -2.28. The molecular formula is C11H14BrN3. The zero-order valence-corrected chi connectivity index (χ0v) is 10.5. The van der Waals surface area contributed by atoms with E-state index in [0.717, 1.165) is 16.8 Å². The third-order valence-electron chi connectivity index (χ3n) is 2.13. The molecule has 0 aliphatic rings. The van der Waals surface area contributed by atoms with Crippen LogP contribution in [-0.2, 0) is 0 Å². The molecule has 0 spiro atoms. The summed E-state index contributed by atoms with van der Waals surface area (Å²) in [5, 5.41) is 8.79. The van der Waals surface area contributed by atoms with Crippen molar-refractivity contribution in [3.8, 4) is 6.07 Å². The van der Waals surface area contributed by atoms with Crippen molar-refractivity contribution in [1.29, 1.82) is 5.26 Å². The van der Waals surface area contributed by atoms with Gasteiger partial charge in [-0.2, -0.15) is 5.26 Å². The van der Waals surface area contributed by atoms with Crippen LogP contribution < -0.4 is 4.90 Å². The van der Waals surface area contributed by atoms with Crippen molar-refractivity contribution in [3.63, 3.8) is 0 Å². The first kappa shape index (κ1) is 12.0. The molecule has 0 aliphatic carbocycles. The molecule has 1 rings (SSSR count). The summed E-state index contributed by atoms with van der Waals surface area (Å²) in [6.07, 6.45) is 1.76. The highest BCUT2D eigenvalue weighted by atomic mass is 79.9. The Kier molecular flexibility index (Phi) is 4.57. The van der Waals surface area contributed by atoms with Crippen LogP contribution in [0, 0.1) is 17.2 Å². The van der Waals surface area contributed by atoms with E-state index < -0.39 is 0 Å². The van der Waals surface area contributed by atoms with Crippen molar-refractivity contribution < 1.29 is 0 Å². The van der Waals surface area contributed by atoms with Crippen molar-refractivity contribution in [3.05, 3.63) is 22.8 Å². The molecule has 0 bridgehead atoms. The first-order valence-corrected chi connectivity index (χ1v) is 5.73. The molecule has 0 aliphatic heterocycles. The maximum atomic E-state index is 8.79. The minimum atomic E-state index is 0.0128. The van der Waals surface area contributed by atoms with Gasteiger partial charge < -0.3 is 4.90 Å². The molecule has 1 heterocycles. The number of halogens is 1. The fourth-order valence-corrected chi connectivity index (χ4v) is 1.85. The topological polar surface area (TPSA) is 39.9 Å². The van der Waals surface area contributed by atoms with E-state index in [1.54, 1.807) is 6.20 Å². The summed E-state index contributed by atoms with van der Waals surface area (Å²) in [7, 11) is 0. The maximum Gasteiger partial charge on any atom is 0.142 e. The van der Waals surface area contributed by atoms with Gasteiger partial charge in [-0.05, 0) is 41.9 Å². The summed E-state index contributed by atoms with van der Waals surface area (Å²) in [6.45, 7) is 5.54. The highest BCUT2D eigenvalue weighted by Gasteiger charge is 2.12. The average molecular weight is 268 g/mol. The molecule has 0 saturated carbocycles. The Labute approximate surface area is 98.9 Å². The molecule has 0 amide bonds. The van der Waals surface area contributed by atoms with Gasteiger partial charge in [-0.1, -0.05) is 0 Å². The number of nitrogens with zero attached hydrogens (tertiary/aromatic N) is 3. The van der Waals surface area contributed by atoms with Crippen LogP contribution in [0.15, 0.2) is 22.8 Å². The molecule has 0 fully saturated rings. The number of aromatic nitrogens is 1. The van der Waals surface area contributed by atoms with Gasteiger partial charge in [0.05, 0.1) is 16.5 Å². The molecule has 0 radical (unpaired) electrons. The van der Waals surface area contributed by atoms with Crippen molar-refractivity contribution in [2.75, 3.05) is 18.0 Å². The molecule has 15 heavy (non-hydrogen) atoms. The standard InChI is InChI=1S/C11H14BrN3/c1-3-15(8-9(2)7-13)11-10(12)5-4-6-14-11/h4-6,9H,3,8H2,1-2H3. The normalized spacial score (nSPS) is 11.9. The van der Waals surface area contributed by atoms with E-state index in [1.807, 2.05) is 19.1 Å². The highest BCUT2D eigenvalue weighted by molar-refractivity contribution is 9.10. The fraction of sp³-hybridized carbons (Fsp3) is 0.455. The molecule has 1 unspecified atom stereocenters. The molecule has 1 atom stereocenters. The molecule has 0 aromatic carbocycles. The molecular weight excluding hydrogens is 254 g/mol. The third kappa shape index (κ3) is 3.21. The predicted octanol–water partition coefficient (Wildman–Crippen LogP) is 2.83. The Bertz CT molecular complexity index is 359. The minimum absolute atomic E-state index is 0.0128. The van der Waals surface area contributed by atoms with Crippen molar-refractivity contribution >= 4 is 21.7 Å². The van der Waals surface area contributed by atoms with Gasteiger partial charge in [-0.15, -0.1) is 0 Å². The van der Waals surface area contributed by atoms with Crippen LogP contribution in [0.2, 0.25) is 0 Å². The first-order valence-electron chi connectivity index (χ1n) is 4.94. The van der Waals surface area contributed by atoms with E-state index in [-0.39, 0.29) is 5.92 Å². The van der Waals surface area contributed by atoms with Crippen LogP contribution in [0.5, 0.6) is 0 Å². The lowest BCUT2D eigenvalue weighted by atomic mass is 10.2. The van der Waals surface area contributed by atoms with E-state index in [1.165, 1.54) is 0 Å². The van der Waals surface area contributed by atoms with E-state index in [4.69, 9.17) is 5.26 Å². The number of anilines is 1. The van der Waals surface area contributed by atoms with Gasteiger partial charge in [0, 0.05) is 19.3 Å². The SMILES string of the molecule is CCN(CC(C)C#N)c1ncccc1Br. The predicted molar refractivity (Wildman–Crippen MR) is 64.6 cm³/mol. The van der Waals surface area contributed by atoms with Crippen LogP contribution in [0.1, 0.15) is 13.8 Å². The lowest BCUT2D eigenvalue weighted by Gasteiger charge is -2.23. The zero-order valence-electron chi connectivity index (χ0n) is 8.94. The third-order valence-corrected chi connectivity index (χ3v) is 2.75. The molecule has 1 aromatic rings. The van der Waals surface area contributed by atoms with Gasteiger partial charge in [-0.3, -0.25) is 0 Å². The van der Waals surface area contributed by atoms with Gasteiger partial charge in [0.15, 0.2) is 0 Å². The number of hydrogen-bond acceptors (Lipinski definition) is 3. The van der Waals surface area contributed by atoms with E-state index in [0.29, 0.717) is 6.54 Å². The van der Waals surface area contributed by atoms with E-state index in [9.17, 15) is 0 Å². The van der Waals surface area contributed by atoms with Crippen LogP contribution in [0.4, 0.5) is 5.82 Å². The second kappa shape index (κ2) is 5.72. The number of nitriles is 1. The molecule has 0 N–H and O–H groups in total. The maximum absolute atomic E-state index is 8.79. The van der Waals surface area contributed by atoms with Crippen LogP contribution in [-0.4, -0.2) is 18.1 Å². The molecule has 0 saturated heterocycles. The van der Waals surface area contributed by atoms with E-state index in [2.05, 4.69) is 38.8 Å². The van der Waals surface area contributed by atoms with Crippen molar-refractivity contribution in [1.82, 2.24) is 4.98 Å². The van der Waals surface area contributed by atoms with Crippen molar-refractivity contribution in [2.24, 2.45) is 5.92 Å². The largest absolute Gasteiger partial charge is 0.355 e. The quantitative estimate of drug-likeness (QED) is 0.843. The first-order chi connectivity index (χ1) is 7.19. The van der Waals surface area contributed by atoms with Crippen LogP contribution in [0.3, 0.4) is 0 Å². The number of hydrogen-bond donors (Lipinski definition) is 0. The number of rotatable bonds is 4. The van der Waals surface area contributed by atoms with Crippen LogP contribution in [0.25, 0.3) is 0 Å².